The summed E-state index contributed by atoms with van der Waals surface area (Å²) < 4.78 is 5.31. The van der Waals surface area contributed by atoms with Crippen LogP contribution in [-0.4, -0.2) is 42.2 Å². The zero-order valence-corrected chi connectivity index (χ0v) is 29.1. The Bertz CT molecular complexity index is 1840. The molecule has 0 bridgehead atoms. The normalized spacial score (nSPS) is 15.6. The molecule has 6 rings (SSSR count). The van der Waals surface area contributed by atoms with Crippen molar-refractivity contribution in [2.45, 2.75) is 70.3 Å². The molecular formula is C44H45NO6. The van der Waals surface area contributed by atoms with Gasteiger partial charge in [-0.2, -0.15) is 0 Å². The number of ketones is 4. The number of rotatable bonds is 18. The van der Waals surface area contributed by atoms with E-state index >= 15 is 0 Å². The molecule has 1 amide bonds. The fourth-order valence-corrected chi connectivity index (χ4v) is 7.25. The summed E-state index contributed by atoms with van der Waals surface area (Å²) >= 11 is 0. The molecule has 0 saturated heterocycles. The first kappa shape index (κ1) is 35.6. The van der Waals surface area contributed by atoms with Crippen LogP contribution in [0.1, 0.15) is 59.9 Å². The first-order chi connectivity index (χ1) is 24.7. The second-order valence-electron chi connectivity index (χ2n) is 14.2. The average molecular weight is 684 g/mol. The molecule has 0 radical (unpaired) electrons. The van der Waals surface area contributed by atoms with Crippen LogP contribution in [0.15, 0.2) is 109 Å². The molecule has 1 fully saturated rings. The quantitative estimate of drug-likeness (QED) is 0.121. The van der Waals surface area contributed by atoms with Crippen molar-refractivity contribution in [1.29, 1.82) is 0 Å². The molecule has 0 spiro atoms. The molecule has 1 N–H and O–H groups in total. The Kier molecular flexibility index (Phi) is 11.3. The van der Waals surface area contributed by atoms with Crippen LogP contribution in [0.5, 0.6) is 5.75 Å². The summed E-state index contributed by atoms with van der Waals surface area (Å²) in [5.41, 5.74) is 4.16. The van der Waals surface area contributed by atoms with E-state index in [0.29, 0.717) is 37.9 Å². The van der Waals surface area contributed by atoms with Crippen LogP contribution in [0.4, 0.5) is 0 Å². The van der Waals surface area contributed by atoms with Crippen LogP contribution in [0.25, 0.3) is 0 Å². The molecule has 51 heavy (non-hydrogen) atoms. The van der Waals surface area contributed by atoms with Crippen LogP contribution in [-0.2, 0) is 56.1 Å². The summed E-state index contributed by atoms with van der Waals surface area (Å²) in [5, 5.41) is 3.03. The van der Waals surface area contributed by atoms with E-state index in [1.807, 2.05) is 84.9 Å². The van der Waals surface area contributed by atoms with Gasteiger partial charge in [0.25, 0.3) is 0 Å². The Labute approximate surface area is 299 Å². The third-order valence-corrected chi connectivity index (χ3v) is 10.5. The number of benzene rings is 4. The van der Waals surface area contributed by atoms with Gasteiger partial charge in [-0.25, -0.2) is 0 Å². The Morgan fingerprint density at radius 1 is 0.725 bits per heavy atom. The number of ether oxygens (including phenoxy) is 1. The summed E-state index contributed by atoms with van der Waals surface area (Å²) in [6.07, 6.45) is 3.40. The van der Waals surface area contributed by atoms with E-state index in [1.54, 1.807) is 19.2 Å². The van der Waals surface area contributed by atoms with Crippen molar-refractivity contribution in [3.05, 3.63) is 137 Å². The molecule has 4 aromatic rings. The van der Waals surface area contributed by atoms with Gasteiger partial charge in [0.1, 0.15) is 11.5 Å². The van der Waals surface area contributed by atoms with E-state index in [9.17, 15) is 24.0 Å². The van der Waals surface area contributed by atoms with Crippen LogP contribution < -0.4 is 10.1 Å². The fourth-order valence-electron chi connectivity index (χ4n) is 7.25. The summed E-state index contributed by atoms with van der Waals surface area (Å²) in [6, 6.07) is 33.3. The zero-order chi connectivity index (χ0) is 35.8. The minimum absolute atomic E-state index is 0.0525. The molecule has 0 unspecified atom stereocenters. The number of nitrogens with one attached hydrogen (secondary N) is 1. The lowest BCUT2D eigenvalue weighted by Gasteiger charge is -2.24. The number of amides is 1. The van der Waals surface area contributed by atoms with Crippen molar-refractivity contribution in [1.82, 2.24) is 5.32 Å². The van der Waals surface area contributed by atoms with Gasteiger partial charge in [0.05, 0.1) is 18.6 Å². The predicted molar refractivity (Wildman–Crippen MR) is 195 cm³/mol. The molecule has 262 valence electrons. The number of fused-ring (bicyclic) bond motifs is 1. The number of Topliss-reactive ketones (excluding diaryl/α,β-unsaturated/α-hetero) is 4. The summed E-state index contributed by atoms with van der Waals surface area (Å²) in [4.78, 5) is 68.8. The number of hydrogen-bond donors (Lipinski definition) is 1. The predicted octanol–water partition coefficient (Wildman–Crippen LogP) is 6.47. The van der Waals surface area contributed by atoms with Gasteiger partial charge in [0.15, 0.2) is 11.6 Å². The van der Waals surface area contributed by atoms with Gasteiger partial charge in [-0.05, 0) is 84.9 Å². The standard InChI is InChI=1S/C44H45NO6/c1-51-37-19-16-32(17-20-37)25-38(45-43(50)44(22-23-44)29-41(48)35-26-33-14-8-9-15-34(33)27-35)40(47)28-36(24-31-12-6-3-7-13-31)42(49)39(46)21-18-30-10-4-2-5-11-30/h2-17,19-20,35-36,38H,18,21-29H2,1H3,(H,45,50)/t36-,38+/m1/s1. The van der Waals surface area contributed by atoms with E-state index in [2.05, 4.69) is 17.4 Å². The highest BCUT2D eigenvalue weighted by molar-refractivity contribution is 6.38. The molecule has 7 nitrogen and oxygen atoms in total. The lowest BCUT2D eigenvalue weighted by Crippen LogP contribution is -2.47. The molecule has 4 aromatic carbocycles. The number of hydrogen-bond acceptors (Lipinski definition) is 6. The van der Waals surface area contributed by atoms with Gasteiger partial charge in [-0.15, -0.1) is 0 Å². The Balaban J connectivity index is 1.18. The Morgan fingerprint density at radius 2 is 1.29 bits per heavy atom. The van der Waals surface area contributed by atoms with Crippen molar-refractivity contribution in [2.24, 2.45) is 17.3 Å². The van der Waals surface area contributed by atoms with E-state index < -0.39 is 28.9 Å². The average Bonchev–Trinajstić information content (AvgIpc) is 3.81. The van der Waals surface area contributed by atoms with Crippen molar-refractivity contribution >= 4 is 29.0 Å². The minimum atomic E-state index is -0.945. The molecule has 0 heterocycles. The van der Waals surface area contributed by atoms with E-state index in [4.69, 9.17) is 4.74 Å². The SMILES string of the molecule is COc1ccc(C[C@H](NC(=O)C2(CC(=O)C3Cc4ccccc4C3)CC2)C(=O)C[C@@H](Cc2ccccc2)C(=O)C(=O)CCc2ccccc2)cc1. The second kappa shape index (κ2) is 16.2. The smallest absolute Gasteiger partial charge is 0.227 e. The molecule has 0 aromatic heterocycles. The van der Waals surface area contributed by atoms with Gasteiger partial charge in [0, 0.05) is 31.1 Å². The van der Waals surface area contributed by atoms with Crippen LogP contribution >= 0.6 is 0 Å². The van der Waals surface area contributed by atoms with Crippen molar-refractivity contribution in [3.63, 3.8) is 0 Å². The lowest BCUT2D eigenvalue weighted by atomic mass is 9.85. The molecule has 1 saturated carbocycles. The summed E-state index contributed by atoms with van der Waals surface area (Å²) in [5.74, 6) is -1.97. The van der Waals surface area contributed by atoms with Crippen molar-refractivity contribution in [3.8, 4) is 5.75 Å². The third kappa shape index (κ3) is 9.14. The molecule has 7 heteroatoms. The number of carbonyl (C=O) groups excluding carboxylic acids is 5. The Hall–Kier alpha value is -5.17. The highest BCUT2D eigenvalue weighted by Crippen LogP contribution is 2.50. The lowest BCUT2D eigenvalue weighted by molar-refractivity contribution is -0.140. The first-order valence-corrected chi connectivity index (χ1v) is 17.9. The third-order valence-electron chi connectivity index (χ3n) is 10.5. The second-order valence-corrected chi connectivity index (χ2v) is 14.2. The van der Waals surface area contributed by atoms with Gasteiger partial charge >= 0.3 is 0 Å². The Morgan fingerprint density at radius 3 is 1.88 bits per heavy atom. The van der Waals surface area contributed by atoms with Crippen LogP contribution in [0, 0.1) is 17.3 Å². The molecule has 2 aliphatic carbocycles. The van der Waals surface area contributed by atoms with E-state index in [1.165, 1.54) is 11.1 Å². The number of aryl methyl sites for hydroxylation is 1. The maximum atomic E-state index is 14.2. The number of methoxy groups -OCH3 is 1. The van der Waals surface area contributed by atoms with Gasteiger partial charge in [-0.3, -0.25) is 24.0 Å². The van der Waals surface area contributed by atoms with Gasteiger partial charge in [-0.1, -0.05) is 97.1 Å². The highest BCUT2D eigenvalue weighted by Gasteiger charge is 2.52. The van der Waals surface area contributed by atoms with Gasteiger partial charge in [0.2, 0.25) is 11.7 Å². The topological polar surface area (TPSA) is 107 Å². The fraction of sp³-hybridized carbons (Fsp3) is 0.341. The van der Waals surface area contributed by atoms with Crippen molar-refractivity contribution in [2.75, 3.05) is 7.11 Å². The number of carbonyl (C=O) groups is 5. The summed E-state index contributed by atoms with van der Waals surface area (Å²) in [7, 11) is 1.58. The zero-order valence-electron chi connectivity index (χ0n) is 29.1. The maximum absolute atomic E-state index is 14.2. The van der Waals surface area contributed by atoms with E-state index in [0.717, 1.165) is 16.7 Å². The van der Waals surface area contributed by atoms with Crippen LogP contribution in [0.2, 0.25) is 0 Å². The molecule has 2 atom stereocenters. The van der Waals surface area contributed by atoms with E-state index in [-0.39, 0.29) is 55.5 Å². The minimum Gasteiger partial charge on any atom is -0.497 e. The van der Waals surface area contributed by atoms with Crippen LogP contribution in [0.3, 0.4) is 0 Å². The molecule has 2 aliphatic rings. The first-order valence-electron chi connectivity index (χ1n) is 17.9. The molecular weight excluding hydrogens is 638 g/mol. The highest BCUT2D eigenvalue weighted by atomic mass is 16.5. The largest absolute Gasteiger partial charge is 0.497 e. The molecule has 0 aliphatic heterocycles. The summed E-state index contributed by atoms with van der Waals surface area (Å²) in [6.45, 7) is 0. The van der Waals surface area contributed by atoms with Gasteiger partial charge < -0.3 is 10.1 Å². The maximum Gasteiger partial charge on any atom is 0.227 e. The monoisotopic (exact) mass is 683 g/mol. The van der Waals surface area contributed by atoms with Crippen molar-refractivity contribution < 1.29 is 28.7 Å².